The molecule has 9 atom stereocenters. The van der Waals surface area contributed by atoms with E-state index < -0.39 is 34.2 Å². The van der Waals surface area contributed by atoms with Gasteiger partial charge in [-0.25, -0.2) is 4.79 Å². The molecule has 3 fully saturated rings. The van der Waals surface area contributed by atoms with E-state index in [1.807, 2.05) is 19.9 Å². The highest BCUT2D eigenvalue weighted by molar-refractivity contribution is 5.95. The Bertz CT molecular complexity index is 877. The Morgan fingerprint density at radius 2 is 1.77 bits per heavy atom. The van der Waals surface area contributed by atoms with Crippen molar-refractivity contribution in [3.05, 3.63) is 23.8 Å². The third kappa shape index (κ3) is 2.36. The molecule has 0 amide bonds. The number of cyclic esters (lactones) is 1. The SMILES string of the molecule is CC1([C@H]2CC[C@@]3(O)C4=CC(=O)C5C[C@@H](O)[C@@H](O)C[C@]5(C)C4CC[C@]23C)C=CC(=O)O1. The number of carbonyl (C=O) groups excluding carboxylic acids is 2. The molecule has 0 spiro atoms. The van der Waals surface area contributed by atoms with E-state index in [4.69, 9.17) is 4.74 Å². The van der Waals surface area contributed by atoms with Crippen molar-refractivity contribution in [1.82, 2.24) is 0 Å². The van der Waals surface area contributed by atoms with Crippen molar-refractivity contribution in [3.63, 3.8) is 0 Å². The number of ketones is 1. The van der Waals surface area contributed by atoms with Crippen LogP contribution in [0.25, 0.3) is 0 Å². The predicted molar refractivity (Wildman–Crippen MR) is 108 cm³/mol. The molecule has 5 aliphatic rings. The molecule has 6 nitrogen and oxygen atoms in total. The first-order valence-corrected chi connectivity index (χ1v) is 11.2. The summed E-state index contributed by atoms with van der Waals surface area (Å²) < 4.78 is 5.67. The highest BCUT2D eigenvalue weighted by Crippen LogP contribution is 2.68. The van der Waals surface area contributed by atoms with E-state index in [0.29, 0.717) is 19.3 Å². The lowest BCUT2D eigenvalue weighted by Crippen LogP contribution is -2.61. The summed E-state index contributed by atoms with van der Waals surface area (Å²) in [6.07, 6.45) is 6.64. The number of ether oxygens (including phenoxy) is 1. The van der Waals surface area contributed by atoms with Crippen LogP contribution in [-0.2, 0) is 14.3 Å². The van der Waals surface area contributed by atoms with E-state index in [1.165, 1.54) is 6.08 Å². The fourth-order valence-electron chi connectivity index (χ4n) is 8.00. The molecule has 4 aliphatic carbocycles. The highest BCUT2D eigenvalue weighted by atomic mass is 16.6. The van der Waals surface area contributed by atoms with Crippen molar-refractivity contribution in [2.45, 2.75) is 82.7 Å². The molecular formula is C24H32O6. The Hall–Kier alpha value is -1.50. The molecule has 0 radical (unpaired) electrons. The van der Waals surface area contributed by atoms with E-state index >= 15 is 0 Å². The van der Waals surface area contributed by atoms with Crippen molar-refractivity contribution in [3.8, 4) is 0 Å². The number of aliphatic hydroxyl groups excluding tert-OH is 2. The van der Waals surface area contributed by atoms with E-state index in [-0.39, 0.29) is 35.9 Å². The summed E-state index contributed by atoms with van der Waals surface area (Å²) in [4.78, 5) is 25.0. The average molecular weight is 417 g/mol. The summed E-state index contributed by atoms with van der Waals surface area (Å²) in [6.45, 7) is 6.04. The first-order chi connectivity index (χ1) is 13.9. The van der Waals surface area contributed by atoms with Crippen LogP contribution < -0.4 is 0 Å². The van der Waals surface area contributed by atoms with Crippen LogP contribution in [0.15, 0.2) is 23.8 Å². The Labute approximate surface area is 177 Å². The molecule has 30 heavy (non-hydrogen) atoms. The topological polar surface area (TPSA) is 104 Å². The molecule has 1 heterocycles. The quantitative estimate of drug-likeness (QED) is 0.566. The van der Waals surface area contributed by atoms with Gasteiger partial charge in [-0.05, 0) is 74.5 Å². The normalized spacial score (nSPS) is 54.9. The standard InChI is InChI=1S/C24H32O6/c1-21-12-18(27)17(26)11-15(21)16(25)10-14-13(21)4-7-22(2)19(5-9-24(14,22)29)23(3)8-6-20(28)30-23/h6,8,10,13,15,17-19,26-27,29H,4-5,7,9,11-12H2,1-3H3/t13?,15?,17-,18+,19+,21-,22-,23?,24-/m1/s1. The Morgan fingerprint density at radius 1 is 1.03 bits per heavy atom. The van der Waals surface area contributed by atoms with Crippen molar-refractivity contribution < 1.29 is 29.6 Å². The molecule has 6 heteroatoms. The fraction of sp³-hybridized carbons (Fsp3) is 0.750. The molecule has 1 aliphatic heterocycles. The molecule has 3 unspecified atom stereocenters. The number of allylic oxidation sites excluding steroid dienone is 1. The van der Waals surface area contributed by atoms with Gasteiger partial charge >= 0.3 is 5.97 Å². The first kappa shape index (κ1) is 20.4. The highest BCUT2D eigenvalue weighted by Gasteiger charge is 2.69. The van der Waals surface area contributed by atoms with Crippen molar-refractivity contribution >= 4 is 11.8 Å². The minimum Gasteiger partial charge on any atom is -0.452 e. The van der Waals surface area contributed by atoms with Crippen LogP contribution in [0.5, 0.6) is 0 Å². The predicted octanol–water partition coefficient (Wildman–Crippen LogP) is 2.06. The van der Waals surface area contributed by atoms with Crippen molar-refractivity contribution in [2.75, 3.05) is 0 Å². The molecule has 3 saturated carbocycles. The maximum atomic E-state index is 13.2. The van der Waals surface area contributed by atoms with Crippen LogP contribution in [-0.4, -0.2) is 50.5 Å². The van der Waals surface area contributed by atoms with Gasteiger partial charge in [0.15, 0.2) is 5.78 Å². The minimum absolute atomic E-state index is 0.00588. The minimum atomic E-state index is -1.14. The third-order valence-corrected chi connectivity index (χ3v) is 9.68. The largest absolute Gasteiger partial charge is 0.452 e. The maximum absolute atomic E-state index is 13.2. The average Bonchev–Trinajstić information content (AvgIpc) is 3.15. The number of hydrogen-bond donors (Lipinski definition) is 3. The molecule has 0 aromatic heterocycles. The summed E-state index contributed by atoms with van der Waals surface area (Å²) in [5, 5.41) is 32.7. The Balaban J connectivity index is 1.56. The number of rotatable bonds is 1. The summed E-state index contributed by atoms with van der Waals surface area (Å²) in [6, 6.07) is 0. The monoisotopic (exact) mass is 416 g/mol. The second-order valence-corrected chi connectivity index (χ2v) is 11.0. The van der Waals surface area contributed by atoms with Crippen LogP contribution in [0, 0.1) is 28.6 Å². The Kier molecular flexibility index (Phi) is 4.11. The number of fused-ring (bicyclic) bond motifs is 5. The van der Waals surface area contributed by atoms with Gasteiger partial charge in [-0.3, -0.25) is 4.79 Å². The van der Waals surface area contributed by atoms with Crippen LogP contribution in [0.2, 0.25) is 0 Å². The maximum Gasteiger partial charge on any atom is 0.331 e. The van der Waals surface area contributed by atoms with Crippen LogP contribution in [0.1, 0.15) is 59.3 Å². The van der Waals surface area contributed by atoms with Gasteiger partial charge in [0, 0.05) is 23.3 Å². The van der Waals surface area contributed by atoms with E-state index in [2.05, 4.69) is 6.92 Å². The van der Waals surface area contributed by atoms with E-state index in [9.17, 15) is 24.9 Å². The fourth-order valence-corrected chi connectivity index (χ4v) is 8.00. The number of esters is 1. The smallest absolute Gasteiger partial charge is 0.331 e. The summed E-state index contributed by atoms with van der Waals surface area (Å²) >= 11 is 0. The van der Waals surface area contributed by atoms with Gasteiger partial charge in [-0.1, -0.05) is 13.8 Å². The molecule has 3 N–H and O–H groups in total. The van der Waals surface area contributed by atoms with Gasteiger partial charge in [-0.15, -0.1) is 0 Å². The molecule has 164 valence electrons. The lowest BCUT2D eigenvalue weighted by molar-refractivity contribution is -0.166. The zero-order valence-electron chi connectivity index (χ0n) is 17.9. The van der Waals surface area contributed by atoms with Gasteiger partial charge in [0.2, 0.25) is 0 Å². The van der Waals surface area contributed by atoms with Crippen molar-refractivity contribution in [2.24, 2.45) is 28.6 Å². The lowest BCUT2D eigenvalue weighted by atomic mass is 9.45. The lowest BCUT2D eigenvalue weighted by Gasteiger charge is -2.60. The van der Waals surface area contributed by atoms with Gasteiger partial charge in [0.05, 0.1) is 17.8 Å². The second-order valence-electron chi connectivity index (χ2n) is 11.0. The van der Waals surface area contributed by atoms with Gasteiger partial charge in [-0.2, -0.15) is 0 Å². The first-order valence-electron chi connectivity index (χ1n) is 11.2. The molecule has 0 aromatic carbocycles. The molecular weight excluding hydrogens is 384 g/mol. The van der Waals surface area contributed by atoms with Gasteiger partial charge < -0.3 is 20.1 Å². The number of carbonyl (C=O) groups is 2. The number of aliphatic hydroxyl groups is 3. The number of hydrogen-bond acceptors (Lipinski definition) is 6. The zero-order valence-corrected chi connectivity index (χ0v) is 17.9. The third-order valence-electron chi connectivity index (χ3n) is 9.68. The second kappa shape index (κ2) is 6.05. The zero-order chi connectivity index (χ0) is 21.7. The van der Waals surface area contributed by atoms with Crippen LogP contribution in [0.3, 0.4) is 0 Å². The molecule has 0 aromatic rings. The van der Waals surface area contributed by atoms with E-state index in [0.717, 1.165) is 18.4 Å². The van der Waals surface area contributed by atoms with Gasteiger partial charge in [0.1, 0.15) is 5.60 Å². The van der Waals surface area contributed by atoms with Crippen LogP contribution in [0.4, 0.5) is 0 Å². The molecule has 5 rings (SSSR count). The summed E-state index contributed by atoms with van der Waals surface area (Å²) in [5.41, 5.74) is -2.09. The molecule has 0 saturated heterocycles. The summed E-state index contributed by atoms with van der Waals surface area (Å²) in [7, 11) is 0. The van der Waals surface area contributed by atoms with Gasteiger partial charge in [0.25, 0.3) is 0 Å². The van der Waals surface area contributed by atoms with Crippen LogP contribution >= 0.6 is 0 Å². The van der Waals surface area contributed by atoms with E-state index in [1.54, 1.807) is 6.08 Å². The Morgan fingerprint density at radius 3 is 2.43 bits per heavy atom. The summed E-state index contributed by atoms with van der Waals surface area (Å²) in [5.74, 6) is -0.768. The van der Waals surface area contributed by atoms with Crippen molar-refractivity contribution in [1.29, 1.82) is 0 Å². The molecule has 0 bridgehead atoms.